The van der Waals surface area contributed by atoms with Crippen LogP contribution in [0.1, 0.15) is 157 Å². The number of halogens is 1. The van der Waals surface area contributed by atoms with E-state index in [1.54, 1.807) is 30.3 Å². The van der Waals surface area contributed by atoms with E-state index in [0.29, 0.717) is 144 Å². The Morgan fingerprint density at radius 3 is 0.897 bits per heavy atom. The molecule has 12 aromatic rings. The van der Waals surface area contributed by atoms with Gasteiger partial charge in [0.25, 0.3) is 0 Å². The summed E-state index contributed by atoms with van der Waals surface area (Å²) in [5.74, 6) is 2.63. The van der Waals surface area contributed by atoms with E-state index < -0.39 is 12.6 Å². The van der Waals surface area contributed by atoms with Crippen molar-refractivity contribution >= 4 is 114 Å². The molecule has 4 N–H and O–H groups in total. The minimum Gasteiger partial charge on any atom is -0.507 e. The number of alkyl halides is 1. The van der Waals surface area contributed by atoms with Gasteiger partial charge in [0.1, 0.15) is 45.3 Å². The fourth-order valence-corrected chi connectivity index (χ4v) is 21.4. The number of aldehydes is 2. The second-order valence-corrected chi connectivity index (χ2v) is 36.6. The Labute approximate surface area is 737 Å². The third-order valence-corrected chi connectivity index (χ3v) is 28.2. The molecule has 0 bridgehead atoms. The van der Waals surface area contributed by atoms with Crippen LogP contribution in [0.2, 0.25) is 0 Å². The fraction of sp³-hybridized carbons (Fsp3) is 0.411. The van der Waals surface area contributed by atoms with Gasteiger partial charge in [-0.15, -0.1) is 35.1 Å². The van der Waals surface area contributed by atoms with Crippen molar-refractivity contribution in [2.45, 2.75) is 134 Å². The zero-order valence-corrected chi connectivity index (χ0v) is 74.0. The second kappa shape index (κ2) is 38.3. The van der Waals surface area contributed by atoms with Gasteiger partial charge >= 0.3 is 33.8 Å². The largest absolute Gasteiger partial charge is 0.507 e. The SMILES string of the molecule is CN1CCc2c(c(=O)oc3c(C4OCCCO4)c(O)ccc23)C1.CN1CCc2c(c(=O)oc3c(C4OCCCO4)c(O)ccc23)C1.CN1CCc2c(c(=O)oc3c(C4SCCCS4)c(O)ccc23)C1.CN1CCc2c(c(=O)oc3c(CCl)c(O)ccc23)C1.Cc1ccc2c3c(c(=O)oc2c1C=O)CN(C)CC3.Cc1ccc2c3c(c(=O)oc2c1C=O)CN(C)CC3. The molecule has 0 spiro atoms. The standard InChI is InChI=1S/2C17H19NO5.C17H19NO3S2.2C15H15NO3.C14H14ClNO3/c2*1-18-6-5-10-11-3-4-13(19)14(17-21-7-2-8-22-17)15(11)23-16(20)12(10)9-18;1-18-6-5-10-11-3-4-13(19)14(17-22-7-2-8-23-17)15(11)21-16(20)12(10)9-18;2*1-9-3-4-11-10-5-6-16(2)7-12(10)15(18)19-14(11)13(9)8-17;1-16-5-4-8-9-2-3-12(17)10(6-15)13(9)19-14(18)11(8)7-16/h3*3-4,17,19H,2,5-9H2,1H3;2*3-4,8H,5-7H2,1-2H3;2-3,17H,4-7H2,1H3. The number of ether oxygens (including phenoxy) is 4. The number of hydrogen-bond donors (Lipinski definition) is 4. The molecule has 3 saturated heterocycles. The number of thioether (sulfide) groups is 2. The number of aryl methyl sites for hydroxylation is 2. The van der Waals surface area contributed by atoms with Crippen molar-refractivity contribution in [2.24, 2.45) is 0 Å². The minimum absolute atomic E-state index is 0.0282. The van der Waals surface area contributed by atoms with Gasteiger partial charge < -0.3 is 95.3 Å². The molecule has 3 fully saturated rings. The molecule has 0 amide bonds. The van der Waals surface area contributed by atoms with Crippen LogP contribution in [-0.2, 0) is 103 Å². The number of benzene rings is 6. The third-order valence-electron chi connectivity index (χ3n) is 25.0. The van der Waals surface area contributed by atoms with Crippen molar-refractivity contribution < 1.29 is 75.5 Å². The number of aromatic hydroxyl groups is 4. The number of phenols is 4. The molecular weight excluding hydrogens is 1680 g/mol. The van der Waals surface area contributed by atoms with E-state index in [1.165, 1.54) is 6.42 Å². The van der Waals surface area contributed by atoms with E-state index in [-0.39, 0.29) is 67.2 Å². The average molecular weight is 1780 g/mol. The summed E-state index contributed by atoms with van der Waals surface area (Å²) in [5.41, 5.74) is 16.0. The average Bonchev–Trinajstić information content (AvgIpc) is 0.779. The summed E-state index contributed by atoms with van der Waals surface area (Å²) in [4.78, 5) is 109. The number of carbonyl (C=O) groups is 2. The van der Waals surface area contributed by atoms with Gasteiger partial charge in [0.05, 0.1) is 104 Å². The van der Waals surface area contributed by atoms with Crippen LogP contribution >= 0.6 is 35.1 Å². The summed E-state index contributed by atoms with van der Waals surface area (Å²) < 4.78 is 55.6. The third kappa shape index (κ3) is 17.9. The summed E-state index contributed by atoms with van der Waals surface area (Å²) in [5, 5.41) is 46.1. The summed E-state index contributed by atoms with van der Waals surface area (Å²) >= 11 is 9.48. The predicted molar refractivity (Wildman–Crippen MR) is 482 cm³/mol. The molecule has 9 aliphatic heterocycles. The molecule has 15 heterocycles. The summed E-state index contributed by atoms with van der Waals surface area (Å²) in [6, 6.07) is 21.6. The van der Waals surface area contributed by atoms with Crippen molar-refractivity contribution in [2.75, 3.05) is 119 Å². The lowest BCUT2D eigenvalue weighted by Gasteiger charge is -2.27. The Kier molecular flexibility index (Phi) is 27.1. The maximum absolute atomic E-state index is 12.5. The first-order valence-corrected chi connectivity index (χ1v) is 45.1. The van der Waals surface area contributed by atoms with E-state index >= 15 is 0 Å². The highest BCUT2D eigenvalue weighted by atomic mass is 35.5. The van der Waals surface area contributed by atoms with Crippen LogP contribution in [0.3, 0.4) is 0 Å². The molecule has 6 aromatic heterocycles. The van der Waals surface area contributed by atoms with E-state index in [2.05, 4.69) is 29.4 Å². The van der Waals surface area contributed by atoms with E-state index in [0.717, 1.165) is 214 Å². The molecule has 0 saturated carbocycles. The Hall–Kier alpha value is -10.3. The highest BCUT2D eigenvalue weighted by Crippen LogP contribution is 2.50. The normalized spacial score (nSPS) is 17.9. The molecule has 6 aromatic carbocycles. The molecular formula is C95H101ClN6O22S2. The van der Waals surface area contributed by atoms with Crippen LogP contribution in [-0.4, -0.2) is 182 Å². The van der Waals surface area contributed by atoms with Gasteiger partial charge in [0.2, 0.25) is 0 Å². The van der Waals surface area contributed by atoms with E-state index in [1.807, 2.05) is 122 Å². The first-order valence-electron chi connectivity index (χ1n) is 42.4. The molecule has 0 atom stereocenters. The van der Waals surface area contributed by atoms with Gasteiger partial charge in [-0.1, -0.05) is 24.3 Å². The van der Waals surface area contributed by atoms with Gasteiger partial charge in [-0.05, 0) is 218 Å². The lowest BCUT2D eigenvalue weighted by Crippen LogP contribution is -2.31. The number of rotatable bonds is 6. The first-order chi connectivity index (χ1) is 60.8. The van der Waals surface area contributed by atoms with Gasteiger partial charge in [-0.3, -0.25) is 9.59 Å². The zero-order chi connectivity index (χ0) is 88.6. The number of likely N-dealkylation sites (N-methyl/N-ethyl adjacent to an activating group) is 6. The Bertz CT molecular complexity index is 6190. The molecule has 0 unspecified atom stereocenters. The molecule has 126 heavy (non-hydrogen) atoms. The second-order valence-electron chi connectivity index (χ2n) is 33.6. The monoisotopic (exact) mass is 1780 g/mol. The van der Waals surface area contributed by atoms with Crippen molar-refractivity contribution in [3.63, 3.8) is 0 Å². The lowest BCUT2D eigenvalue weighted by molar-refractivity contribution is -0.183. The maximum atomic E-state index is 12.5. The van der Waals surface area contributed by atoms with Gasteiger partial charge in [-0.2, -0.15) is 0 Å². The molecule has 0 radical (unpaired) electrons. The van der Waals surface area contributed by atoms with Gasteiger partial charge in [0, 0.05) is 111 Å². The van der Waals surface area contributed by atoms with E-state index in [9.17, 15) is 58.8 Å². The van der Waals surface area contributed by atoms with Gasteiger partial charge in [0.15, 0.2) is 36.3 Å². The van der Waals surface area contributed by atoms with E-state index in [4.69, 9.17) is 57.1 Å². The molecule has 662 valence electrons. The van der Waals surface area contributed by atoms with Gasteiger partial charge in [-0.25, -0.2) is 28.8 Å². The molecule has 28 nitrogen and oxygen atoms in total. The lowest BCUT2D eigenvalue weighted by atomic mass is 9.95. The quantitative estimate of drug-likeness (QED) is 0.0682. The molecule has 0 aliphatic carbocycles. The van der Waals surface area contributed by atoms with Crippen molar-refractivity contribution in [3.8, 4) is 23.0 Å². The summed E-state index contributed by atoms with van der Waals surface area (Å²) in [6.45, 7) is 15.0. The number of carbonyl (C=O) groups excluding carboxylic acids is 2. The summed E-state index contributed by atoms with van der Waals surface area (Å²) in [6.07, 6.45) is 7.80. The van der Waals surface area contributed by atoms with Crippen molar-refractivity contribution in [1.29, 1.82) is 0 Å². The van der Waals surface area contributed by atoms with Crippen LogP contribution < -0.4 is 33.8 Å². The highest BCUT2D eigenvalue weighted by Gasteiger charge is 2.34. The Morgan fingerprint density at radius 1 is 0.341 bits per heavy atom. The van der Waals surface area contributed by atoms with Crippen LogP contribution in [0.5, 0.6) is 23.0 Å². The molecule has 9 aliphatic rings. The van der Waals surface area contributed by atoms with Crippen molar-refractivity contribution in [3.05, 3.63) is 247 Å². The van der Waals surface area contributed by atoms with Crippen LogP contribution in [0.15, 0.2) is 128 Å². The van der Waals surface area contributed by atoms with Crippen molar-refractivity contribution in [1.82, 2.24) is 29.4 Å². The molecule has 21 rings (SSSR count). The predicted octanol–water partition coefficient (Wildman–Crippen LogP) is 13.2. The minimum atomic E-state index is -0.695. The van der Waals surface area contributed by atoms with Crippen LogP contribution in [0, 0.1) is 13.8 Å². The Balaban J connectivity index is 0.000000112. The Morgan fingerprint density at radius 2 is 0.595 bits per heavy atom. The molecule has 31 heteroatoms. The number of nitrogens with zero attached hydrogens (tertiary/aromatic N) is 6. The number of phenolic OH excluding ortho intramolecular Hbond substituents is 4. The first kappa shape index (κ1) is 89.1. The smallest absolute Gasteiger partial charge is 0.341 e. The fourth-order valence-electron chi connectivity index (χ4n) is 18.2. The van der Waals surface area contributed by atoms with Crippen LogP contribution in [0.4, 0.5) is 0 Å². The van der Waals surface area contributed by atoms with Crippen LogP contribution in [0.25, 0.3) is 65.8 Å². The number of hydrogen-bond acceptors (Lipinski definition) is 30. The zero-order valence-electron chi connectivity index (χ0n) is 71.6. The maximum Gasteiger partial charge on any atom is 0.341 e. The topological polar surface area (TPSA) is 353 Å². The summed E-state index contributed by atoms with van der Waals surface area (Å²) in [7, 11) is 11.9. The number of fused-ring (bicyclic) bond motifs is 18. The highest BCUT2D eigenvalue weighted by molar-refractivity contribution is 8.16.